The van der Waals surface area contributed by atoms with Gasteiger partial charge in [0, 0.05) is 0 Å². The fourth-order valence-corrected chi connectivity index (χ4v) is 2.47. The predicted octanol–water partition coefficient (Wildman–Crippen LogP) is 2.04. The zero-order chi connectivity index (χ0) is 11.0. The standard InChI is InChI=1S/C12H15NO2/c1-7-3-10-11(4-8(7)2)15-6-9(5-13)12(10)14/h6-8,10-11H,3-4H2,1-2H3. The van der Waals surface area contributed by atoms with Gasteiger partial charge in [-0.05, 0) is 24.7 Å². The summed E-state index contributed by atoms with van der Waals surface area (Å²) in [6.45, 7) is 4.36. The van der Waals surface area contributed by atoms with Crippen LogP contribution in [-0.4, -0.2) is 11.9 Å². The Kier molecular flexibility index (Phi) is 2.52. The molecule has 1 aliphatic heterocycles. The average Bonchev–Trinajstić information content (AvgIpc) is 2.22. The Morgan fingerprint density at radius 3 is 2.73 bits per heavy atom. The van der Waals surface area contributed by atoms with Crippen LogP contribution in [0.4, 0.5) is 0 Å². The van der Waals surface area contributed by atoms with Crippen molar-refractivity contribution >= 4 is 5.78 Å². The largest absolute Gasteiger partial charge is 0.496 e. The molecule has 1 heterocycles. The second-order valence-corrected chi connectivity index (χ2v) is 4.71. The maximum Gasteiger partial charge on any atom is 0.183 e. The van der Waals surface area contributed by atoms with E-state index in [0.29, 0.717) is 11.8 Å². The van der Waals surface area contributed by atoms with Crippen LogP contribution in [0.3, 0.4) is 0 Å². The predicted molar refractivity (Wildman–Crippen MR) is 54.6 cm³/mol. The molecule has 0 N–H and O–H groups in total. The van der Waals surface area contributed by atoms with E-state index >= 15 is 0 Å². The molecule has 1 aliphatic carbocycles. The molecular formula is C12H15NO2. The van der Waals surface area contributed by atoms with Crippen molar-refractivity contribution in [3.63, 3.8) is 0 Å². The molecule has 0 radical (unpaired) electrons. The summed E-state index contributed by atoms with van der Waals surface area (Å²) < 4.78 is 5.47. The molecule has 1 fully saturated rings. The van der Waals surface area contributed by atoms with Crippen molar-refractivity contribution in [2.24, 2.45) is 17.8 Å². The van der Waals surface area contributed by atoms with Crippen LogP contribution >= 0.6 is 0 Å². The third-order valence-corrected chi connectivity index (χ3v) is 3.73. The zero-order valence-corrected chi connectivity index (χ0v) is 9.06. The highest BCUT2D eigenvalue weighted by Crippen LogP contribution is 2.38. The van der Waals surface area contributed by atoms with Crippen molar-refractivity contribution < 1.29 is 9.53 Å². The number of Topliss-reactive ketones (excluding diaryl/α,β-unsaturated/α-hetero) is 1. The van der Waals surface area contributed by atoms with Gasteiger partial charge in [-0.2, -0.15) is 5.26 Å². The Hall–Kier alpha value is -1.30. The second kappa shape index (κ2) is 3.69. The van der Waals surface area contributed by atoms with Crippen LogP contribution in [0.15, 0.2) is 11.8 Å². The smallest absolute Gasteiger partial charge is 0.183 e. The van der Waals surface area contributed by atoms with Gasteiger partial charge in [0.15, 0.2) is 5.78 Å². The van der Waals surface area contributed by atoms with Gasteiger partial charge in [-0.3, -0.25) is 4.79 Å². The van der Waals surface area contributed by atoms with E-state index in [4.69, 9.17) is 10.00 Å². The average molecular weight is 205 g/mol. The first kappa shape index (κ1) is 10.2. The molecule has 2 rings (SSSR count). The van der Waals surface area contributed by atoms with Gasteiger partial charge in [0.1, 0.15) is 24.0 Å². The number of nitrogens with zero attached hydrogens (tertiary/aromatic N) is 1. The van der Waals surface area contributed by atoms with Gasteiger partial charge in [-0.25, -0.2) is 0 Å². The number of hydrogen-bond donors (Lipinski definition) is 0. The number of carbonyl (C=O) groups excluding carboxylic acids is 1. The molecule has 0 aromatic carbocycles. The normalized spacial score (nSPS) is 39.8. The van der Waals surface area contributed by atoms with Crippen LogP contribution in [0.1, 0.15) is 26.7 Å². The molecule has 4 atom stereocenters. The van der Waals surface area contributed by atoms with E-state index in [0.717, 1.165) is 12.8 Å². The van der Waals surface area contributed by atoms with Gasteiger partial charge in [0.25, 0.3) is 0 Å². The Morgan fingerprint density at radius 1 is 1.40 bits per heavy atom. The lowest BCUT2D eigenvalue weighted by Gasteiger charge is -2.39. The lowest BCUT2D eigenvalue weighted by molar-refractivity contribution is -0.128. The van der Waals surface area contributed by atoms with Crippen LogP contribution in [0.5, 0.6) is 0 Å². The number of fused-ring (bicyclic) bond motifs is 1. The summed E-state index contributed by atoms with van der Waals surface area (Å²) in [7, 11) is 0. The first-order valence-electron chi connectivity index (χ1n) is 5.43. The molecule has 80 valence electrons. The molecule has 0 amide bonds. The van der Waals surface area contributed by atoms with E-state index < -0.39 is 0 Å². The summed E-state index contributed by atoms with van der Waals surface area (Å²) in [5.74, 6) is 1.02. The summed E-state index contributed by atoms with van der Waals surface area (Å²) >= 11 is 0. The highest BCUT2D eigenvalue weighted by atomic mass is 16.5. The molecule has 0 saturated heterocycles. The highest BCUT2D eigenvalue weighted by Gasteiger charge is 2.41. The van der Waals surface area contributed by atoms with Gasteiger partial charge in [0.05, 0.1) is 5.92 Å². The van der Waals surface area contributed by atoms with Crippen LogP contribution < -0.4 is 0 Å². The van der Waals surface area contributed by atoms with Crippen molar-refractivity contribution in [3.05, 3.63) is 11.8 Å². The van der Waals surface area contributed by atoms with E-state index in [9.17, 15) is 4.79 Å². The fraction of sp³-hybridized carbons (Fsp3) is 0.667. The third-order valence-electron chi connectivity index (χ3n) is 3.73. The minimum atomic E-state index is -0.0872. The monoisotopic (exact) mass is 205 g/mol. The maximum atomic E-state index is 11.9. The summed E-state index contributed by atoms with van der Waals surface area (Å²) in [4.78, 5) is 11.9. The number of carbonyl (C=O) groups is 1. The molecule has 0 bridgehead atoms. The van der Waals surface area contributed by atoms with Crippen LogP contribution in [0.25, 0.3) is 0 Å². The zero-order valence-electron chi connectivity index (χ0n) is 9.06. The van der Waals surface area contributed by atoms with Crippen molar-refractivity contribution in [2.75, 3.05) is 0 Å². The summed E-state index contributed by atoms with van der Waals surface area (Å²) in [5.41, 5.74) is 0.179. The third kappa shape index (κ3) is 1.65. The Bertz CT molecular complexity index is 353. The lowest BCUT2D eigenvalue weighted by Crippen LogP contribution is -2.41. The van der Waals surface area contributed by atoms with Crippen molar-refractivity contribution in [1.29, 1.82) is 5.26 Å². The Balaban J connectivity index is 2.21. The number of ketones is 1. The summed E-state index contributed by atoms with van der Waals surface area (Å²) in [5, 5.41) is 8.75. The Labute approximate surface area is 89.7 Å². The van der Waals surface area contributed by atoms with Crippen molar-refractivity contribution in [1.82, 2.24) is 0 Å². The second-order valence-electron chi connectivity index (χ2n) is 4.71. The molecule has 2 aliphatic rings. The van der Waals surface area contributed by atoms with Crippen molar-refractivity contribution in [2.45, 2.75) is 32.8 Å². The van der Waals surface area contributed by atoms with Gasteiger partial charge >= 0.3 is 0 Å². The van der Waals surface area contributed by atoms with E-state index in [-0.39, 0.29) is 23.4 Å². The maximum absolute atomic E-state index is 11.9. The lowest BCUT2D eigenvalue weighted by atomic mass is 9.71. The molecule has 3 nitrogen and oxygen atoms in total. The molecule has 4 unspecified atom stereocenters. The van der Waals surface area contributed by atoms with E-state index in [1.807, 2.05) is 6.07 Å². The minimum absolute atomic E-state index is 0.000741. The number of rotatable bonds is 0. The van der Waals surface area contributed by atoms with Crippen LogP contribution in [0, 0.1) is 29.1 Å². The fourth-order valence-electron chi connectivity index (χ4n) is 2.47. The van der Waals surface area contributed by atoms with Crippen LogP contribution in [-0.2, 0) is 9.53 Å². The van der Waals surface area contributed by atoms with E-state index in [1.165, 1.54) is 6.26 Å². The number of allylic oxidation sites excluding steroid dienone is 1. The number of ether oxygens (including phenoxy) is 1. The van der Waals surface area contributed by atoms with Crippen LogP contribution in [0.2, 0.25) is 0 Å². The topological polar surface area (TPSA) is 50.1 Å². The van der Waals surface area contributed by atoms with E-state index in [1.54, 1.807) is 0 Å². The van der Waals surface area contributed by atoms with Crippen molar-refractivity contribution in [3.8, 4) is 6.07 Å². The SMILES string of the molecule is CC1CC2OC=C(C#N)C(=O)C2CC1C. The highest BCUT2D eigenvalue weighted by molar-refractivity contribution is 6.01. The molecule has 0 spiro atoms. The van der Waals surface area contributed by atoms with Gasteiger partial charge in [0.2, 0.25) is 0 Å². The van der Waals surface area contributed by atoms with Gasteiger partial charge in [-0.15, -0.1) is 0 Å². The van der Waals surface area contributed by atoms with Gasteiger partial charge in [-0.1, -0.05) is 13.8 Å². The molecule has 0 aromatic heterocycles. The summed E-state index contributed by atoms with van der Waals surface area (Å²) in [6, 6.07) is 1.90. The molecule has 15 heavy (non-hydrogen) atoms. The molecule has 3 heteroatoms. The number of nitriles is 1. The van der Waals surface area contributed by atoms with Gasteiger partial charge < -0.3 is 4.74 Å². The summed E-state index contributed by atoms with van der Waals surface area (Å²) in [6.07, 6.45) is 3.11. The van der Waals surface area contributed by atoms with E-state index in [2.05, 4.69) is 13.8 Å². The first-order chi connectivity index (χ1) is 7.13. The first-order valence-corrected chi connectivity index (χ1v) is 5.43. The molecular weight excluding hydrogens is 190 g/mol. The quantitative estimate of drug-likeness (QED) is 0.608. The molecule has 1 saturated carbocycles. The minimum Gasteiger partial charge on any atom is -0.496 e. The Morgan fingerprint density at radius 2 is 2.07 bits per heavy atom. The molecule has 0 aromatic rings. The number of hydrogen-bond acceptors (Lipinski definition) is 3.